The van der Waals surface area contributed by atoms with Crippen LogP contribution in [0.1, 0.15) is 36.5 Å². The average Bonchev–Trinajstić information content (AvgIpc) is 2.35. The fourth-order valence-corrected chi connectivity index (χ4v) is 1.41. The Morgan fingerprint density at radius 1 is 1.31 bits per heavy atom. The second kappa shape index (κ2) is 6.77. The number of hydrogen-bond donors (Lipinski definition) is 0. The number of benzene rings is 1. The lowest BCUT2D eigenvalue weighted by Crippen LogP contribution is -2.14. The van der Waals surface area contributed by atoms with Gasteiger partial charge in [0.25, 0.3) is 0 Å². The molecule has 3 heteroatoms. The van der Waals surface area contributed by atoms with Crippen molar-refractivity contribution in [1.82, 2.24) is 0 Å². The molecule has 0 N–H and O–H groups in total. The molecule has 0 radical (unpaired) electrons. The Balaban J connectivity index is 2.80. The van der Waals surface area contributed by atoms with Crippen LogP contribution in [0, 0.1) is 0 Å². The van der Waals surface area contributed by atoms with Gasteiger partial charge in [0.1, 0.15) is 12.8 Å². The minimum Gasteiger partial charge on any atom is -0.399 e. The third kappa shape index (κ3) is 3.50. The maximum atomic E-state index is 12.0. The second-order valence-electron chi connectivity index (χ2n) is 3.52. The molecule has 3 nitrogen and oxygen atoms in total. The Kier molecular flexibility index (Phi) is 5.26. The molecule has 86 valence electrons. The molecule has 0 atom stereocenters. The van der Waals surface area contributed by atoms with Crippen molar-refractivity contribution in [3.63, 3.8) is 0 Å². The Hall–Kier alpha value is -1.64. The molecular weight excluding hydrogens is 202 g/mol. The van der Waals surface area contributed by atoms with E-state index in [9.17, 15) is 4.79 Å². The highest BCUT2D eigenvalue weighted by Gasteiger charge is 2.13. The molecule has 1 aromatic rings. The van der Waals surface area contributed by atoms with Crippen molar-refractivity contribution in [3.05, 3.63) is 35.9 Å². The molecule has 16 heavy (non-hydrogen) atoms. The Morgan fingerprint density at radius 2 is 2.00 bits per heavy atom. The van der Waals surface area contributed by atoms with Gasteiger partial charge in [0.2, 0.25) is 5.78 Å². The van der Waals surface area contributed by atoms with Crippen molar-refractivity contribution in [2.75, 3.05) is 7.11 Å². The molecule has 1 aromatic carbocycles. The van der Waals surface area contributed by atoms with Gasteiger partial charge in [-0.1, -0.05) is 48.8 Å². The summed E-state index contributed by atoms with van der Waals surface area (Å²) >= 11 is 0. The third-order valence-corrected chi connectivity index (χ3v) is 2.27. The molecule has 0 spiro atoms. The maximum absolute atomic E-state index is 12.0. The summed E-state index contributed by atoms with van der Waals surface area (Å²) in [6.45, 7) is 2.08. The topological polar surface area (TPSA) is 38.7 Å². The molecule has 1 rings (SSSR count). The first-order chi connectivity index (χ1) is 7.79. The van der Waals surface area contributed by atoms with Gasteiger partial charge in [0.05, 0.1) is 0 Å². The SMILES string of the molecule is CCCC/C(=N\OC)C(=O)c1ccccc1. The van der Waals surface area contributed by atoms with Crippen LogP contribution in [0.15, 0.2) is 35.5 Å². The fourth-order valence-electron chi connectivity index (χ4n) is 1.41. The van der Waals surface area contributed by atoms with E-state index < -0.39 is 0 Å². The summed E-state index contributed by atoms with van der Waals surface area (Å²) in [5.74, 6) is -0.0455. The van der Waals surface area contributed by atoms with Crippen LogP contribution in [0.5, 0.6) is 0 Å². The molecule has 0 saturated carbocycles. The van der Waals surface area contributed by atoms with Crippen molar-refractivity contribution in [2.45, 2.75) is 26.2 Å². The van der Waals surface area contributed by atoms with Gasteiger partial charge in [-0.15, -0.1) is 0 Å². The van der Waals surface area contributed by atoms with Crippen LogP contribution in [-0.4, -0.2) is 18.6 Å². The third-order valence-electron chi connectivity index (χ3n) is 2.27. The predicted molar refractivity (Wildman–Crippen MR) is 64.7 cm³/mol. The van der Waals surface area contributed by atoms with E-state index >= 15 is 0 Å². The number of carbonyl (C=O) groups is 1. The summed E-state index contributed by atoms with van der Waals surface area (Å²) in [6, 6.07) is 9.16. The molecular formula is C13H17NO2. The summed E-state index contributed by atoms with van der Waals surface area (Å²) in [7, 11) is 1.46. The predicted octanol–water partition coefficient (Wildman–Crippen LogP) is 3.06. The van der Waals surface area contributed by atoms with Gasteiger partial charge in [-0.3, -0.25) is 4.79 Å². The van der Waals surface area contributed by atoms with E-state index in [0.29, 0.717) is 17.7 Å². The van der Waals surface area contributed by atoms with Gasteiger partial charge >= 0.3 is 0 Å². The summed E-state index contributed by atoms with van der Waals surface area (Å²) in [4.78, 5) is 16.7. The van der Waals surface area contributed by atoms with E-state index in [-0.39, 0.29) is 5.78 Å². The zero-order chi connectivity index (χ0) is 11.8. The van der Waals surface area contributed by atoms with Crippen LogP contribution < -0.4 is 0 Å². The molecule has 0 saturated heterocycles. The standard InChI is InChI=1S/C13H17NO2/c1-3-4-10-12(14-16-2)13(15)11-8-6-5-7-9-11/h5-9H,3-4,10H2,1-2H3/b14-12+. The van der Waals surface area contributed by atoms with Crippen LogP contribution in [0.4, 0.5) is 0 Å². The number of rotatable bonds is 6. The number of nitrogens with zero attached hydrogens (tertiary/aromatic N) is 1. The number of hydrogen-bond acceptors (Lipinski definition) is 3. The average molecular weight is 219 g/mol. The van der Waals surface area contributed by atoms with Gasteiger partial charge in [0.15, 0.2) is 0 Å². The first kappa shape index (κ1) is 12.4. The summed E-state index contributed by atoms with van der Waals surface area (Å²) in [5, 5.41) is 3.81. The minimum atomic E-state index is -0.0455. The highest BCUT2D eigenvalue weighted by Crippen LogP contribution is 2.07. The Bertz CT molecular complexity index is 357. The molecule has 0 unspecified atom stereocenters. The molecule has 0 bridgehead atoms. The molecule has 0 aromatic heterocycles. The molecule has 0 amide bonds. The van der Waals surface area contributed by atoms with Gasteiger partial charge in [0, 0.05) is 5.56 Å². The van der Waals surface area contributed by atoms with E-state index in [0.717, 1.165) is 12.8 Å². The number of unbranched alkanes of at least 4 members (excludes halogenated alkanes) is 1. The van der Waals surface area contributed by atoms with Crippen molar-refractivity contribution in [2.24, 2.45) is 5.16 Å². The van der Waals surface area contributed by atoms with E-state index in [2.05, 4.69) is 12.1 Å². The normalized spacial score (nSPS) is 11.2. The number of oxime groups is 1. The van der Waals surface area contributed by atoms with Crippen molar-refractivity contribution in [1.29, 1.82) is 0 Å². The lowest BCUT2D eigenvalue weighted by molar-refractivity contribution is 0.105. The van der Waals surface area contributed by atoms with Crippen molar-refractivity contribution in [3.8, 4) is 0 Å². The Labute approximate surface area is 96.1 Å². The fraction of sp³-hybridized carbons (Fsp3) is 0.385. The van der Waals surface area contributed by atoms with Crippen molar-refractivity contribution < 1.29 is 9.63 Å². The highest BCUT2D eigenvalue weighted by atomic mass is 16.6. The van der Waals surface area contributed by atoms with Gasteiger partial charge in [-0.05, 0) is 12.8 Å². The Morgan fingerprint density at radius 3 is 2.56 bits per heavy atom. The van der Waals surface area contributed by atoms with Crippen LogP contribution in [-0.2, 0) is 4.84 Å². The molecule has 0 aliphatic carbocycles. The lowest BCUT2D eigenvalue weighted by atomic mass is 10.0. The molecule has 0 heterocycles. The van der Waals surface area contributed by atoms with Crippen molar-refractivity contribution >= 4 is 11.5 Å². The summed E-state index contributed by atoms with van der Waals surface area (Å²) in [5.41, 5.74) is 1.16. The van der Waals surface area contributed by atoms with E-state index in [1.165, 1.54) is 7.11 Å². The van der Waals surface area contributed by atoms with Gasteiger partial charge in [-0.2, -0.15) is 0 Å². The van der Waals surface area contributed by atoms with E-state index in [4.69, 9.17) is 4.84 Å². The summed E-state index contributed by atoms with van der Waals surface area (Å²) in [6.07, 6.45) is 2.64. The number of Topliss-reactive ketones (excluding diaryl/α,β-unsaturated/α-hetero) is 1. The van der Waals surface area contributed by atoms with Crippen LogP contribution in [0.2, 0.25) is 0 Å². The lowest BCUT2D eigenvalue weighted by Gasteiger charge is -2.03. The monoisotopic (exact) mass is 219 g/mol. The molecule has 0 aliphatic heterocycles. The first-order valence-corrected chi connectivity index (χ1v) is 5.49. The van der Waals surface area contributed by atoms with Gasteiger partial charge in [-0.25, -0.2) is 0 Å². The minimum absolute atomic E-state index is 0.0455. The second-order valence-corrected chi connectivity index (χ2v) is 3.52. The summed E-state index contributed by atoms with van der Waals surface area (Å²) < 4.78 is 0. The smallest absolute Gasteiger partial charge is 0.210 e. The zero-order valence-corrected chi connectivity index (χ0v) is 9.77. The molecule has 0 fully saturated rings. The number of carbonyl (C=O) groups excluding carboxylic acids is 1. The zero-order valence-electron chi connectivity index (χ0n) is 9.77. The van der Waals surface area contributed by atoms with Crippen LogP contribution in [0.25, 0.3) is 0 Å². The number of ketones is 1. The highest BCUT2D eigenvalue weighted by molar-refractivity contribution is 6.45. The maximum Gasteiger partial charge on any atom is 0.210 e. The van der Waals surface area contributed by atoms with Crippen LogP contribution >= 0.6 is 0 Å². The molecule has 0 aliphatic rings. The quantitative estimate of drug-likeness (QED) is 0.419. The largest absolute Gasteiger partial charge is 0.399 e. The van der Waals surface area contributed by atoms with E-state index in [1.54, 1.807) is 12.1 Å². The van der Waals surface area contributed by atoms with Gasteiger partial charge < -0.3 is 4.84 Å². The van der Waals surface area contributed by atoms with E-state index in [1.807, 2.05) is 18.2 Å². The first-order valence-electron chi connectivity index (χ1n) is 5.49. The van der Waals surface area contributed by atoms with Crippen LogP contribution in [0.3, 0.4) is 0 Å².